The Hall–Kier alpha value is -2.30. The van der Waals surface area contributed by atoms with E-state index in [0.717, 1.165) is 18.8 Å². The van der Waals surface area contributed by atoms with Gasteiger partial charge in [-0.25, -0.2) is 0 Å². The van der Waals surface area contributed by atoms with Gasteiger partial charge >= 0.3 is 0 Å². The predicted octanol–water partition coefficient (Wildman–Crippen LogP) is 1.09. The average Bonchev–Trinajstić information content (AvgIpc) is 2.83. The highest BCUT2D eigenvalue weighted by molar-refractivity contribution is 5.93. The third-order valence-electron chi connectivity index (χ3n) is 2.40. The quantitative estimate of drug-likeness (QED) is 0.807. The van der Waals surface area contributed by atoms with Crippen molar-refractivity contribution >= 4 is 11.6 Å². The lowest BCUT2D eigenvalue weighted by Gasteiger charge is -2.06. The SMILES string of the molecule is NC(=O)c1ccc(NCCn2cccn2)cc1. The van der Waals surface area contributed by atoms with Crippen LogP contribution in [-0.2, 0) is 6.54 Å². The van der Waals surface area contributed by atoms with E-state index in [1.165, 1.54) is 0 Å². The highest BCUT2D eigenvalue weighted by atomic mass is 16.1. The first-order chi connectivity index (χ1) is 8.25. The smallest absolute Gasteiger partial charge is 0.248 e. The molecular weight excluding hydrogens is 216 g/mol. The van der Waals surface area contributed by atoms with Crippen LogP contribution in [0.1, 0.15) is 10.4 Å². The molecule has 0 atom stereocenters. The van der Waals surface area contributed by atoms with Crippen LogP contribution in [0.15, 0.2) is 42.7 Å². The van der Waals surface area contributed by atoms with Crippen molar-refractivity contribution in [3.05, 3.63) is 48.3 Å². The Morgan fingerprint density at radius 1 is 1.35 bits per heavy atom. The van der Waals surface area contributed by atoms with Gasteiger partial charge in [0, 0.05) is 30.2 Å². The molecule has 1 aromatic heterocycles. The van der Waals surface area contributed by atoms with Gasteiger partial charge in [-0.3, -0.25) is 9.48 Å². The maximum Gasteiger partial charge on any atom is 0.248 e. The Kier molecular flexibility index (Phi) is 3.40. The lowest BCUT2D eigenvalue weighted by Crippen LogP contribution is -2.12. The standard InChI is InChI=1S/C12H14N4O/c13-12(17)10-2-4-11(5-3-10)14-7-9-16-8-1-6-15-16/h1-6,8,14H,7,9H2,(H2,13,17). The third-order valence-corrected chi connectivity index (χ3v) is 2.40. The molecule has 17 heavy (non-hydrogen) atoms. The molecule has 0 aliphatic carbocycles. The molecule has 0 saturated carbocycles. The van der Waals surface area contributed by atoms with E-state index in [4.69, 9.17) is 5.73 Å². The highest BCUT2D eigenvalue weighted by Gasteiger charge is 1.99. The number of hydrogen-bond acceptors (Lipinski definition) is 3. The molecule has 0 spiro atoms. The molecule has 0 fully saturated rings. The summed E-state index contributed by atoms with van der Waals surface area (Å²) in [5.41, 5.74) is 6.63. The lowest BCUT2D eigenvalue weighted by molar-refractivity contribution is 0.100. The summed E-state index contributed by atoms with van der Waals surface area (Å²) in [6.07, 6.45) is 3.67. The van der Waals surface area contributed by atoms with Gasteiger partial charge in [0.15, 0.2) is 0 Å². The number of nitrogens with one attached hydrogen (secondary N) is 1. The number of nitrogens with two attached hydrogens (primary N) is 1. The van der Waals surface area contributed by atoms with Gasteiger partial charge in [0.2, 0.25) is 5.91 Å². The van der Waals surface area contributed by atoms with Crippen LogP contribution in [0.4, 0.5) is 5.69 Å². The van der Waals surface area contributed by atoms with Crippen molar-refractivity contribution in [2.75, 3.05) is 11.9 Å². The summed E-state index contributed by atoms with van der Waals surface area (Å²) in [6.45, 7) is 1.57. The Bertz CT molecular complexity index is 476. The van der Waals surface area contributed by atoms with Crippen LogP contribution >= 0.6 is 0 Å². The van der Waals surface area contributed by atoms with Gasteiger partial charge in [-0.1, -0.05) is 0 Å². The fourth-order valence-electron chi connectivity index (χ4n) is 1.50. The molecule has 3 N–H and O–H groups in total. The van der Waals surface area contributed by atoms with Crippen LogP contribution < -0.4 is 11.1 Å². The fourth-order valence-corrected chi connectivity index (χ4v) is 1.50. The maximum atomic E-state index is 10.9. The van der Waals surface area contributed by atoms with Gasteiger partial charge in [0.05, 0.1) is 6.54 Å². The zero-order valence-electron chi connectivity index (χ0n) is 9.34. The zero-order chi connectivity index (χ0) is 12.1. The number of amides is 1. The number of carbonyl (C=O) groups is 1. The molecule has 2 aromatic rings. The van der Waals surface area contributed by atoms with Crippen molar-refractivity contribution in [3.8, 4) is 0 Å². The summed E-state index contributed by atoms with van der Waals surface area (Å²) in [7, 11) is 0. The maximum absolute atomic E-state index is 10.9. The largest absolute Gasteiger partial charge is 0.383 e. The van der Waals surface area contributed by atoms with Gasteiger partial charge in [0.1, 0.15) is 0 Å². The van der Waals surface area contributed by atoms with E-state index >= 15 is 0 Å². The molecule has 5 heteroatoms. The first-order valence-corrected chi connectivity index (χ1v) is 5.37. The van der Waals surface area contributed by atoms with E-state index in [2.05, 4.69) is 10.4 Å². The van der Waals surface area contributed by atoms with Gasteiger partial charge in [-0.2, -0.15) is 5.10 Å². The van der Waals surface area contributed by atoms with Gasteiger partial charge < -0.3 is 11.1 Å². The predicted molar refractivity (Wildman–Crippen MR) is 65.7 cm³/mol. The minimum absolute atomic E-state index is 0.409. The van der Waals surface area contributed by atoms with Crippen molar-refractivity contribution in [3.63, 3.8) is 0 Å². The van der Waals surface area contributed by atoms with E-state index in [-0.39, 0.29) is 0 Å². The zero-order valence-corrected chi connectivity index (χ0v) is 9.34. The highest BCUT2D eigenvalue weighted by Crippen LogP contribution is 2.08. The van der Waals surface area contributed by atoms with E-state index in [9.17, 15) is 4.79 Å². The molecule has 5 nitrogen and oxygen atoms in total. The van der Waals surface area contributed by atoms with Crippen molar-refractivity contribution in [2.45, 2.75) is 6.54 Å². The van der Waals surface area contributed by atoms with Gasteiger partial charge in [-0.15, -0.1) is 0 Å². The second kappa shape index (κ2) is 5.16. The second-order valence-electron chi connectivity index (χ2n) is 3.64. The summed E-state index contributed by atoms with van der Waals surface area (Å²) in [6, 6.07) is 8.98. The van der Waals surface area contributed by atoms with Gasteiger partial charge in [-0.05, 0) is 30.3 Å². The first kappa shape index (κ1) is 11.2. The van der Waals surface area contributed by atoms with Crippen LogP contribution in [0, 0.1) is 0 Å². The number of benzene rings is 1. The Balaban J connectivity index is 1.85. The summed E-state index contributed by atoms with van der Waals surface area (Å²) < 4.78 is 1.85. The van der Waals surface area contributed by atoms with Crippen LogP contribution in [-0.4, -0.2) is 22.2 Å². The number of aromatic nitrogens is 2. The molecular formula is C12H14N4O. The normalized spacial score (nSPS) is 10.1. The second-order valence-corrected chi connectivity index (χ2v) is 3.64. The number of hydrogen-bond donors (Lipinski definition) is 2. The van der Waals surface area contributed by atoms with Crippen molar-refractivity contribution in [2.24, 2.45) is 5.73 Å². The van der Waals surface area contributed by atoms with E-state index < -0.39 is 5.91 Å². The Morgan fingerprint density at radius 2 is 2.12 bits per heavy atom. The van der Waals surface area contributed by atoms with Crippen molar-refractivity contribution in [1.29, 1.82) is 0 Å². The number of carbonyl (C=O) groups excluding carboxylic acids is 1. The summed E-state index contributed by atoms with van der Waals surface area (Å²) in [5.74, 6) is -0.409. The first-order valence-electron chi connectivity index (χ1n) is 5.37. The van der Waals surface area contributed by atoms with Crippen LogP contribution in [0.2, 0.25) is 0 Å². The molecule has 2 rings (SSSR count). The molecule has 0 radical (unpaired) electrons. The minimum atomic E-state index is -0.409. The van der Waals surface area contributed by atoms with E-state index in [0.29, 0.717) is 5.56 Å². The molecule has 0 aliphatic heterocycles. The average molecular weight is 230 g/mol. The van der Waals surface area contributed by atoms with Crippen LogP contribution in [0.3, 0.4) is 0 Å². The number of primary amides is 1. The molecule has 0 unspecified atom stereocenters. The number of nitrogens with zero attached hydrogens (tertiary/aromatic N) is 2. The Labute approximate surface area is 99.2 Å². The molecule has 0 bridgehead atoms. The third kappa shape index (κ3) is 3.07. The summed E-state index contributed by atoms with van der Waals surface area (Å²) in [4.78, 5) is 10.9. The summed E-state index contributed by atoms with van der Waals surface area (Å²) in [5, 5.41) is 7.34. The number of rotatable bonds is 5. The topological polar surface area (TPSA) is 72.9 Å². The molecule has 1 aromatic carbocycles. The van der Waals surface area contributed by atoms with E-state index in [1.807, 2.05) is 29.1 Å². The van der Waals surface area contributed by atoms with Crippen LogP contribution in [0.25, 0.3) is 0 Å². The van der Waals surface area contributed by atoms with Crippen LogP contribution in [0.5, 0.6) is 0 Å². The Morgan fingerprint density at radius 3 is 2.71 bits per heavy atom. The lowest BCUT2D eigenvalue weighted by atomic mass is 10.2. The van der Waals surface area contributed by atoms with Crippen molar-refractivity contribution in [1.82, 2.24) is 9.78 Å². The summed E-state index contributed by atoms with van der Waals surface area (Å²) >= 11 is 0. The molecule has 0 saturated heterocycles. The molecule has 1 heterocycles. The fraction of sp³-hybridized carbons (Fsp3) is 0.167. The molecule has 0 aliphatic rings. The van der Waals surface area contributed by atoms with Gasteiger partial charge in [0.25, 0.3) is 0 Å². The monoisotopic (exact) mass is 230 g/mol. The van der Waals surface area contributed by atoms with Crippen molar-refractivity contribution < 1.29 is 4.79 Å². The van der Waals surface area contributed by atoms with E-state index in [1.54, 1.807) is 18.3 Å². The minimum Gasteiger partial charge on any atom is -0.383 e. The number of anilines is 1. The molecule has 1 amide bonds. The molecule has 88 valence electrons.